The highest BCUT2D eigenvalue weighted by Gasteiger charge is 2.18. The van der Waals surface area contributed by atoms with Crippen LogP contribution in [0, 0.1) is 13.8 Å². The fourth-order valence-corrected chi connectivity index (χ4v) is 2.21. The highest BCUT2D eigenvalue weighted by Crippen LogP contribution is 2.11. The van der Waals surface area contributed by atoms with Crippen LogP contribution >= 0.6 is 0 Å². The van der Waals surface area contributed by atoms with Crippen molar-refractivity contribution in [2.24, 2.45) is 0 Å². The van der Waals surface area contributed by atoms with Crippen LogP contribution < -0.4 is 4.72 Å². The van der Waals surface area contributed by atoms with Crippen molar-refractivity contribution < 1.29 is 18.3 Å². The molecule has 0 radical (unpaired) electrons. The van der Waals surface area contributed by atoms with E-state index in [1.165, 1.54) is 0 Å². The number of nitrogens with one attached hydrogen (secondary N) is 1. The molecule has 0 saturated carbocycles. The first-order valence-corrected chi connectivity index (χ1v) is 7.18. The zero-order valence-electron chi connectivity index (χ0n) is 11.1. The number of sulfonamides is 1. The van der Waals surface area contributed by atoms with Crippen LogP contribution in [0.15, 0.2) is 23.4 Å². The van der Waals surface area contributed by atoms with E-state index in [1.54, 1.807) is 13.8 Å². The number of nitrogens with zero attached hydrogens (tertiary/aromatic N) is 4. The minimum atomic E-state index is -4.00. The van der Waals surface area contributed by atoms with Gasteiger partial charge in [0.2, 0.25) is 0 Å². The lowest BCUT2D eigenvalue weighted by Crippen LogP contribution is -2.17. The largest absolute Gasteiger partial charge is 0.478 e. The van der Waals surface area contributed by atoms with Crippen molar-refractivity contribution in [2.45, 2.75) is 18.9 Å². The average molecular weight is 309 g/mol. The van der Waals surface area contributed by atoms with Gasteiger partial charge < -0.3 is 5.11 Å². The number of pyridine rings is 1. The minimum Gasteiger partial charge on any atom is -0.478 e. The van der Waals surface area contributed by atoms with Crippen LogP contribution in [-0.2, 0) is 10.0 Å². The van der Waals surface area contributed by atoms with Crippen LogP contribution in [0.1, 0.15) is 21.7 Å². The molecule has 0 aliphatic heterocycles. The summed E-state index contributed by atoms with van der Waals surface area (Å²) in [6.45, 7) is 3.36. The molecule has 0 unspecified atom stereocenters. The molecule has 2 aromatic rings. The smallest absolute Gasteiger partial charge is 0.337 e. The topological polar surface area (TPSA) is 135 Å². The quantitative estimate of drug-likeness (QED) is 0.827. The Morgan fingerprint density at radius 3 is 2.43 bits per heavy atom. The highest BCUT2D eigenvalue weighted by atomic mass is 32.2. The van der Waals surface area contributed by atoms with Crippen molar-refractivity contribution in [3.8, 4) is 0 Å². The Bertz CT molecular complexity index is 789. The molecule has 0 spiro atoms. The Morgan fingerprint density at radius 1 is 1.19 bits per heavy atom. The van der Waals surface area contributed by atoms with Crippen LogP contribution in [0.4, 0.5) is 5.95 Å². The number of anilines is 1. The molecule has 2 rings (SSSR count). The van der Waals surface area contributed by atoms with E-state index in [2.05, 4.69) is 24.9 Å². The maximum atomic E-state index is 12.1. The summed E-state index contributed by atoms with van der Waals surface area (Å²) in [6, 6.07) is 2.23. The molecule has 0 atom stereocenters. The number of aryl methyl sites for hydroxylation is 2. The second kappa shape index (κ2) is 5.40. The van der Waals surface area contributed by atoms with Crippen LogP contribution in [0.25, 0.3) is 0 Å². The average Bonchev–Trinajstić information content (AvgIpc) is 2.43. The van der Waals surface area contributed by atoms with E-state index in [0.717, 1.165) is 18.3 Å². The molecular formula is C11H11N5O4S. The fourth-order valence-electron chi connectivity index (χ4n) is 1.34. The Kier molecular flexibility index (Phi) is 3.80. The molecule has 0 aliphatic rings. The normalized spacial score (nSPS) is 11.1. The standard InChI is InChI=1S/C11H11N5O4S/c1-6-7(2)14-15-11(13-6)16-21(19,20)9-4-3-8(5-12-9)10(17)18/h3-5H,1-2H3,(H,17,18)(H,13,15,16). The monoisotopic (exact) mass is 309 g/mol. The molecule has 2 N–H and O–H groups in total. The van der Waals surface area contributed by atoms with Crippen molar-refractivity contribution in [3.05, 3.63) is 35.3 Å². The summed E-state index contributed by atoms with van der Waals surface area (Å²) < 4.78 is 26.2. The van der Waals surface area contributed by atoms with Crippen molar-refractivity contribution in [1.82, 2.24) is 20.2 Å². The first-order valence-electron chi connectivity index (χ1n) is 5.69. The van der Waals surface area contributed by atoms with E-state index in [4.69, 9.17) is 5.11 Å². The van der Waals surface area contributed by atoms with E-state index in [1.807, 2.05) is 0 Å². The number of carbonyl (C=O) groups is 1. The van der Waals surface area contributed by atoms with Gasteiger partial charge in [-0.15, -0.1) is 5.10 Å². The lowest BCUT2D eigenvalue weighted by atomic mass is 10.3. The molecule has 0 fully saturated rings. The van der Waals surface area contributed by atoms with E-state index in [0.29, 0.717) is 11.4 Å². The molecule has 21 heavy (non-hydrogen) atoms. The zero-order chi connectivity index (χ0) is 15.6. The predicted molar refractivity (Wildman–Crippen MR) is 71.3 cm³/mol. The second-order valence-electron chi connectivity index (χ2n) is 4.10. The second-order valence-corrected chi connectivity index (χ2v) is 5.73. The zero-order valence-corrected chi connectivity index (χ0v) is 11.9. The van der Waals surface area contributed by atoms with Gasteiger partial charge in [0.05, 0.1) is 17.0 Å². The van der Waals surface area contributed by atoms with Gasteiger partial charge in [-0.2, -0.15) is 13.5 Å². The number of aromatic nitrogens is 4. The van der Waals surface area contributed by atoms with E-state index in [9.17, 15) is 13.2 Å². The van der Waals surface area contributed by atoms with E-state index >= 15 is 0 Å². The molecule has 0 aliphatic carbocycles. The fraction of sp³-hybridized carbons (Fsp3) is 0.182. The van der Waals surface area contributed by atoms with Crippen molar-refractivity contribution in [2.75, 3.05) is 4.72 Å². The molecule has 2 aromatic heterocycles. The van der Waals surface area contributed by atoms with Gasteiger partial charge in [-0.05, 0) is 26.0 Å². The number of aromatic carboxylic acids is 1. The summed E-state index contributed by atoms with van der Waals surface area (Å²) in [7, 11) is -4.00. The summed E-state index contributed by atoms with van der Waals surface area (Å²) in [5.74, 6) is -1.37. The minimum absolute atomic E-state index is 0.113. The van der Waals surface area contributed by atoms with Gasteiger partial charge in [0, 0.05) is 6.20 Å². The number of hydrogen-bond donors (Lipinski definition) is 2. The van der Waals surface area contributed by atoms with Gasteiger partial charge in [-0.1, -0.05) is 0 Å². The third-order valence-electron chi connectivity index (χ3n) is 2.58. The summed E-state index contributed by atoms with van der Waals surface area (Å²) in [4.78, 5) is 18.2. The number of hydrogen-bond acceptors (Lipinski definition) is 7. The summed E-state index contributed by atoms with van der Waals surface area (Å²) in [6.07, 6.45) is 0.955. The number of carboxylic acids is 1. The molecule has 9 nitrogen and oxygen atoms in total. The van der Waals surface area contributed by atoms with E-state index < -0.39 is 16.0 Å². The highest BCUT2D eigenvalue weighted by molar-refractivity contribution is 7.92. The van der Waals surface area contributed by atoms with Crippen molar-refractivity contribution in [3.63, 3.8) is 0 Å². The van der Waals surface area contributed by atoms with Crippen molar-refractivity contribution in [1.29, 1.82) is 0 Å². The molecule has 2 heterocycles. The van der Waals surface area contributed by atoms with Crippen LogP contribution in [0.3, 0.4) is 0 Å². The van der Waals surface area contributed by atoms with Crippen LogP contribution in [0.5, 0.6) is 0 Å². The third kappa shape index (κ3) is 3.28. The molecule has 0 aromatic carbocycles. The molecule has 0 amide bonds. The van der Waals surface area contributed by atoms with Gasteiger partial charge >= 0.3 is 5.97 Å². The van der Waals surface area contributed by atoms with E-state index in [-0.39, 0.29) is 16.5 Å². The van der Waals surface area contributed by atoms with Gasteiger partial charge in [0.1, 0.15) is 0 Å². The Hall–Kier alpha value is -2.62. The molecule has 110 valence electrons. The Balaban J connectivity index is 2.29. The number of rotatable bonds is 4. The lowest BCUT2D eigenvalue weighted by Gasteiger charge is -2.06. The summed E-state index contributed by atoms with van der Waals surface area (Å²) >= 11 is 0. The Labute approximate surface area is 120 Å². The first kappa shape index (κ1) is 14.8. The SMILES string of the molecule is Cc1nnc(NS(=O)(=O)c2ccc(C(=O)O)cn2)nc1C. The van der Waals surface area contributed by atoms with Crippen LogP contribution in [-0.4, -0.2) is 39.7 Å². The number of carboxylic acid groups (broad SMARTS) is 1. The van der Waals surface area contributed by atoms with Gasteiger partial charge in [0.25, 0.3) is 16.0 Å². The molecular weight excluding hydrogens is 298 g/mol. The van der Waals surface area contributed by atoms with Crippen molar-refractivity contribution >= 4 is 21.9 Å². The van der Waals surface area contributed by atoms with Crippen LogP contribution in [0.2, 0.25) is 0 Å². The lowest BCUT2D eigenvalue weighted by molar-refractivity contribution is 0.0696. The van der Waals surface area contributed by atoms with Gasteiger partial charge in [0.15, 0.2) is 5.03 Å². The third-order valence-corrected chi connectivity index (χ3v) is 3.82. The predicted octanol–water partition coefficient (Wildman–Crippen LogP) is 0.382. The van der Waals surface area contributed by atoms with Gasteiger partial charge in [-0.25, -0.2) is 19.5 Å². The maximum Gasteiger partial charge on any atom is 0.337 e. The summed E-state index contributed by atoms with van der Waals surface area (Å²) in [5, 5.41) is 15.8. The van der Waals surface area contributed by atoms with Gasteiger partial charge in [-0.3, -0.25) is 0 Å². The maximum absolute atomic E-state index is 12.1. The molecule has 0 saturated heterocycles. The molecule has 10 heteroatoms. The first-order chi connectivity index (χ1) is 9.79. The summed E-state index contributed by atoms with van der Waals surface area (Å²) in [5.41, 5.74) is 1.01. The Morgan fingerprint density at radius 2 is 1.90 bits per heavy atom. The molecule has 0 bridgehead atoms.